The lowest BCUT2D eigenvalue weighted by molar-refractivity contribution is -0.00911. The van der Waals surface area contributed by atoms with E-state index in [-0.39, 0.29) is 5.60 Å². The molecule has 2 nitrogen and oxygen atoms in total. The summed E-state index contributed by atoms with van der Waals surface area (Å²) in [6, 6.07) is 6.30. The third-order valence-electron chi connectivity index (χ3n) is 3.26. The Kier molecular flexibility index (Phi) is 3.79. The van der Waals surface area contributed by atoms with Crippen molar-refractivity contribution in [2.75, 3.05) is 11.9 Å². The molecule has 1 unspecified atom stereocenters. The summed E-state index contributed by atoms with van der Waals surface area (Å²) < 4.78 is 7.09. The summed E-state index contributed by atoms with van der Waals surface area (Å²) in [6.07, 6.45) is 2.64. The maximum Gasteiger partial charge on any atom is 0.0755 e. The van der Waals surface area contributed by atoms with Crippen LogP contribution in [0, 0.1) is 6.92 Å². The van der Waals surface area contributed by atoms with Gasteiger partial charge in [0.05, 0.1) is 11.7 Å². The molecule has 3 heteroatoms. The first-order chi connectivity index (χ1) is 7.96. The molecule has 0 aromatic heterocycles. The molecule has 1 atom stereocenters. The van der Waals surface area contributed by atoms with Crippen molar-refractivity contribution < 1.29 is 4.74 Å². The third kappa shape index (κ3) is 3.46. The molecule has 1 aromatic carbocycles. The van der Waals surface area contributed by atoms with Gasteiger partial charge in [-0.15, -0.1) is 0 Å². The summed E-state index contributed by atoms with van der Waals surface area (Å²) in [5.41, 5.74) is 2.51. The second kappa shape index (κ2) is 4.99. The van der Waals surface area contributed by atoms with Gasteiger partial charge in [-0.3, -0.25) is 0 Å². The summed E-state index contributed by atoms with van der Waals surface area (Å²) >= 11 is 3.48. The minimum Gasteiger partial charge on any atom is -0.382 e. The molecule has 1 aliphatic heterocycles. The van der Waals surface area contributed by atoms with Crippen LogP contribution in [0.25, 0.3) is 0 Å². The van der Waals surface area contributed by atoms with E-state index in [1.165, 1.54) is 11.3 Å². The molecule has 2 rings (SSSR count). The van der Waals surface area contributed by atoms with Crippen molar-refractivity contribution in [3.05, 3.63) is 28.2 Å². The maximum absolute atomic E-state index is 5.96. The predicted octanol–water partition coefficient (Wildman–Crippen LogP) is 4.13. The lowest BCUT2D eigenvalue weighted by Crippen LogP contribution is -2.25. The van der Waals surface area contributed by atoms with Crippen LogP contribution in [-0.4, -0.2) is 18.2 Å². The Morgan fingerprint density at radius 3 is 2.82 bits per heavy atom. The van der Waals surface area contributed by atoms with Crippen molar-refractivity contribution in [3.8, 4) is 0 Å². The van der Waals surface area contributed by atoms with Gasteiger partial charge in [0.2, 0.25) is 0 Å². The number of halogens is 1. The average molecular weight is 298 g/mol. The standard InChI is InChI=1S/C14H20BrNO/c1-10-8-11(15)4-5-13(10)16-9-12-6-7-14(2,3)17-12/h4-5,8,12,16H,6-7,9H2,1-3H3. The molecule has 1 aliphatic rings. The van der Waals surface area contributed by atoms with Gasteiger partial charge in [-0.2, -0.15) is 0 Å². The summed E-state index contributed by atoms with van der Waals surface area (Å²) in [5, 5.41) is 3.47. The Balaban J connectivity index is 1.90. The molecule has 1 N–H and O–H groups in total. The van der Waals surface area contributed by atoms with Crippen LogP contribution in [0.4, 0.5) is 5.69 Å². The molecular formula is C14H20BrNO. The van der Waals surface area contributed by atoms with Crippen LogP contribution in [0.15, 0.2) is 22.7 Å². The highest BCUT2D eigenvalue weighted by atomic mass is 79.9. The van der Waals surface area contributed by atoms with Gasteiger partial charge in [-0.25, -0.2) is 0 Å². The van der Waals surface area contributed by atoms with Gasteiger partial charge >= 0.3 is 0 Å². The zero-order valence-electron chi connectivity index (χ0n) is 10.7. The number of hydrogen-bond donors (Lipinski definition) is 1. The fraction of sp³-hybridized carbons (Fsp3) is 0.571. The normalized spacial score (nSPS) is 22.7. The first-order valence-corrected chi connectivity index (χ1v) is 6.93. The van der Waals surface area contributed by atoms with E-state index in [0.717, 1.165) is 23.9 Å². The van der Waals surface area contributed by atoms with Crippen LogP contribution in [0.5, 0.6) is 0 Å². The molecule has 0 spiro atoms. The highest BCUT2D eigenvalue weighted by Crippen LogP contribution is 2.29. The van der Waals surface area contributed by atoms with E-state index in [2.05, 4.69) is 60.2 Å². The molecule has 0 saturated carbocycles. The molecule has 1 fully saturated rings. The summed E-state index contributed by atoms with van der Waals surface area (Å²) in [4.78, 5) is 0. The Morgan fingerprint density at radius 1 is 1.47 bits per heavy atom. The smallest absolute Gasteiger partial charge is 0.0755 e. The van der Waals surface area contributed by atoms with Gasteiger partial charge < -0.3 is 10.1 Å². The lowest BCUT2D eigenvalue weighted by Gasteiger charge is -2.20. The van der Waals surface area contributed by atoms with Gasteiger partial charge in [0, 0.05) is 16.7 Å². The Hall–Kier alpha value is -0.540. The third-order valence-corrected chi connectivity index (χ3v) is 3.76. The van der Waals surface area contributed by atoms with Gasteiger partial charge in [-0.1, -0.05) is 15.9 Å². The Labute approximate surface area is 112 Å². The van der Waals surface area contributed by atoms with Crippen molar-refractivity contribution >= 4 is 21.6 Å². The van der Waals surface area contributed by atoms with Crippen LogP contribution < -0.4 is 5.32 Å². The number of hydrogen-bond acceptors (Lipinski definition) is 2. The quantitative estimate of drug-likeness (QED) is 0.906. The van der Waals surface area contributed by atoms with E-state index in [4.69, 9.17) is 4.74 Å². The fourth-order valence-corrected chi connectivity index (χ4v) is 2.75. The number of benzene rings is 1. The summed E-state index contributed by atoms with van der Waals surface area (Å²) in [5.74, 6) is 0. The number of ether oxygens (including phenoxy) is 1. The van der Waals surface area contributed by atoms with Crippen molar-refractivity contribution in [1.29, 1.82) is 0 Å². The summed E-state index contributed by atoms with van der Waals surface area (Å²) in [7, 11) is 0. The van der Waals surface area contributed by atoms with Crippen molar-refractivity contribution in [2.24, 2.45) is 0 Å². The molecule has 94 valence electrons. The molecule has 1 aromatic rings. The Morgan fingerprint density at radius 2 is 2.24 bits per heavy atom. The molecule has 17 heavy (non-hydrogen) atoms. The zero-order chi connectivity index (χ0) is 12.5. The molecule has 0 bridgehead atoms. The van der Waals surface area contributed by atoms with Crippen LogP contribution in [0.3, 0.4) is 0 Å². The first kappa shape index (κ1) is 12.9. The average Bonchev–Trinajstić information content (AvgIpc) is 2.57. The van der Waals surface area contributed by atoms with E-state index in [0.29, 0.717) is 6.10 Å². The van der Waals surface area contributed by atoms with Crippen molar-refractivity contribution in [2.45, 2.75) is 45.3 Å². The molecule has 0 aliphatic carbocycles. The minimum absolute atomic E-state index is 0.0567. The fourth-order valence-electron chi connectivity index (χ4n) is 2.27. The molecule has 0 amide bonds. The van der Waals surface area contributed by atoms with Crippen LogP contribution >= 0.6 is 15.9 Å². The SMILES string of the molecule is Cc1cc(Br)ccc1NCC1CCC(C)(C)O1. The van der Waals surface area contributed by atoms with E-state index < -0.39 is 0 Å². The first-order valence-electron chi connectivity index (χ1n) is 6.14. The van der Waals surface area contributed by atoms with Gasteiger partial charge in [0.15, 0.2) is 0 Å². The van der Waals surface area contributed by atoms with Gasteiger partial charge in [-0.05, 0) is 57.4 Å². The van der Waals surface area contributed by atoms with Crippen molar-refractivity contribution in [1.82, 2.24) is 0 Å². The van der Waals surface area contributed by atoms with Crippen molar-refractivity contribution in [3.63, 3.8) is 0 Å². The van der Waals surface area contributed by atoms with E-state index >= 15 is 0 Å². The number of aryl methyl sites for hydroxylation is 1. The number of nitrogens with one attached hydrogen (secondary N) is 1. The monoisotopic (exact) mass is 297 g/mol. The topological polar surface area (TPSA) is 21.3 Å². The highest BCUT2D eigenvalue weighted by molar-refractivity contribution is 9.10. The van der Waals surface area contributed by atoms with Gasteiger partial charge in [0.1, 0.15) is 0 Å². The van der Waals surface area contributed by atoms with E-state index in [9.17, 15) is 0 Å². The van der Waals surface area contributed by atoms with Crippen LogP contribution in [0.2, 0.25) is 0 Å². The predicted molar refractivity (Wildman–Crippen MR) is 75.6 cm³/mol. The second-order valence-electron chi connectivity index (χ2n) is 5.38. The number of anilines is 1. The minimum atomic E-state index is 0.0567. The van der Waals surface area contributed by atoms with Gasteiger partial charge in [0.25, 0.3) is 0 Å². The van der Waals surface area contributed by atoms with E-state index in [1.807, 2.05) is 0 Å². The number of rotatable bonds is 3. The Bertz CT molecular complexity index is 403. The van der Waals surface area contributed by atoms with Crippen LogP contribution in [-0.2, 0) is 4.74 Å². The molecule has 1 heterocycles. The largest absolute Gasteiger partial charge is 0.382 e. The van der Waals surface area contributed by atoms with E-state index in [1.54, 1.807) is 0 Å². The van der Waals surface area contributed by atoms with Crippen LogP contribution in [0.1, 0.15) is 32.3 Å². The second-order valence-corrected chi connectivity index (χ2v) is 6.29. The highest BCUT2D eigenvalue weighted by Gasteiger charge is 2.31. The lowest BCUT2D eigenvalue weighted by atomic mass is 10.1. The molecule has 0 radical (unpaired) electrons. The zero-order valence-corrected chi connectivity index (χ0v) is 12.3. The molecular weight excluding hydrogens is 278 g/mol. The summed E-state index contributed by atoms with van der Waals surface area (Å²) in [6.45, 7) is 7.34. The molecule has 1 saturated heterocycles. The maximum atomic E-state index is 5.96.